The molecule has 0 amide bonds. The van der Waals surface area contributed by atoms with Crippen molar-refractivity contribution in [2.45, 2.75) is 20.1 Å². The first-order chi connectivity index (χ1) is 9.69. The van der Waals surface area contributed by atoms with Crippen molar-refractivity contribution in [2.75, 3.05) is 0 Å². The first-order valence-corrected chi connectivity index (χ1v) is 6.46. The van der Waals surface area contributed by atoms with Crippen LogP contribution in [0.15, 0.2) is 51.7 Å². The molecule has 4 heteroatoms. The van der Waals surface area contributed by atoms with Gasteiger partial charge in [0.25, 0.3) is 0 Å². The van der Waals surface area contributed by atoms with Gasteiger partial charge in [0.1, 0.15) is 0 Å². The third kappa shape index (κ3) is 2.14. The number of nitrogens with zero attached hydrogens (tertiary/aromatic N) is 1. The second kappa shape index (κ2) is 4.98. The van der Waals surface area contributed by atoms with Crippen LogP contribution in [0.25, 0.3) is 11.1 Å². The van der Waals surface area contributed by atoms with E-state index < -0.39 is 0 Å². The monoisotopic (exact) mass is 269 g/mol. The molecule has 0 spiro atoms. The molecule has 0 aliphatic carbocycles. The fourth-order valence-electron chi connectivity index (χ4n) is 2.31. The van der Waals surface area contributed by atoms with Crippen molar-refractivity contribution < 1.29 is 9.52 Å². The minimum Gasteiger partial charge on any atom is -0.408 e. The highest BCUT2D eigenvalue weighted by Crippen LogP contribution is 2.17. The van der Waals surface area contributed by atoms with Gasteiger partial charge in [0.15, 0.2) is 5.58 Å². The number of aliphatic hydroxyl groups is 1. The normalized spacial score (nSPS) is 11.1. The Morgan fingerprint density at radius 3 is 2.75 bits per heavy atom. The maximum atomic E-state index is 12.0. The van der Waals surface area contributed by atoms with E-state index in [9.17, 15) is 9.90 Å². The van der Waals surface area contributed by atoms with Crippen LogP contribution >= 0.6 is 0 Å². The van der Waals surface area contributed by atoms with E-state index in [0.717, 1.165) is 16.7 Å². The topological polar surface area (TPSA) is 55.4 Å². The zero-order valence-electron chi connectivity index (χ0n) is 11.2. The van der Waals surface area contributed by atoms with Crippen LogP contribution in [0.3, 0.4) is 0 Å². The van der Waals surface area contributed by atoms with Gasteiger partial charge in [-0.3, -0.25) is 4.57 Å². The molecule has 0 aliphatic heterocycles. The van der Waals surface area contributed by atoms with E-state index in [1.165, 1.54) is 0 Å². The van der Waals surface area contributed by atoms with E-state index in [-0.39, 0.29) is 12.4 Å². The molecule has 3 aromatic rings. The Kier molecular flexibility index (Phi) is 3.16. The molecule has 0 atom stereocenters. The van der Waals surface area contributed by atoms with Crippen molar-refractivity contribution in [3.8, 4) is 0 Å². The molecule has 0 bridgehead atoms. The number of oxazole rings is 1. The first kappa shape index (κ1) is 12.7. The predicted octanol–water partition coefficient (Wildman–Crippen LogP) is 2.44. The molecule has 20 heavy (non-hydrogen) atoms. The van der Waals surface area contributed by atoms with Crippen molar-refractivity contribution in [3.63, 3.8) is 0 Å². The maximum Gasteiger partial charge on any atom is 0.420 e. The molecule has 0 saturated heterocycles. The maximum absolute atomic E-state index is 12.0. The number of hydrogen-bond donors (Lipinski definition) is 1. The molecule has 0 radical (unpaired) electrons. The summed E-state index contributed by atoms with van der Waals surface area (Å²) in [6.07, 6.45) is 0. The molecule has 4 nitrogen and oxygen atoms in total. The lowest BCUT2D eigenvalue weighted by Crippen LogP contribution is -2.15. The average Bonchev–Trinajstić information content (AvgIpc) is 2.77. The van der Waals surface area contributed by atoms with E-state index in [1.54, 1.807) is 22.8 Å². The summed E-state index contributed by atoms with van der Waals surface area (Å²) in [5, 5.41) is 9.21. The zero-order valence-corrected chi connectivity index (χ0v) is 11.2. The number of aliphatic hydroxyl groups excluding tert-OH is 1. The van der Waals surface area contributed by atoms with Crippen LogP contribution in [0.2, 0.25) is 0 Å². The standard InChI is InChI=1S/C16H15NO3/c1-11-4-2-3-5-13(11)9-17-14-8-12(10-18)6-7-15(14)20-16(17)19/h2-8,18H,9-10H2,1H3. The molecule has 1 N–H and O–H groups in total. The van der Waals surface area contributed by atoms with Gasteiger partial charge in [0.05, 0.1) is 18.7 Å². The minimum atomic E-state index is -0.377. The summed E-state index contributed by atoms with van der Waals surface area (Å²) < 4.78 is 6.83. The Morgan fingerprint density at radius 1 is 1.20 bits per heavy atom. The van der Waals surface area contributed by atoms with Gasteiger partial charge in [-0.25, -0.2) is 4.79 Å². The van der Waals surface area contributed by atoms with Gasteiger partial charge in [0, 0.05) is 0 Å². The molecule has 0 saturated carbocycles. The second-order valence-corrected chi connectivity index (χ2v) is 4.84. The number of rotatable bonds is 3. The van der Waals surface area contributed by atoms with Crippen LogP contribution in [0.1, 0.15) is 16.7 Å². The van der Waals surface area contributed by atoms with Crippen molar-refractivity contribution >= 4 is 11.1 Å². The van der Waals surface area contributed by atoms with Gasteiger partial charge in [0.2, 0.25) is 0 Å². The van der Waals surface area contributed by atoms with Crippen LogP contribution in [-0.4, -0.2) is 9.67 Å². The molecule has 3 rings (SSSR count). The average molecular weight is 269 g/mol. The van der Waals surface area contributed by atoms with E-state index in [1.807, 2.05) is 31.2 Å². The largest absolute Gasteiger partial charge is 0.420 e. The summed E-state index contributed by atoms with van der Waals surface area (Å²) in [7, 11) is 0. The number of aromatic nitrogens is 1. The van der Waals surface area contributed by atoms with Gasteiger partial charge in [-0.1, -0.05) is 30.3 Å². The van der Waals surface area contributed by atoms with Crippen LogP contribution in [0.5, 0.6) is 0 Å². The molecule has 1 aromatic heterocycles. The molecule has 0 fully saturated rings. The Bertz CT molecular complexity index is 814. The SMILES string of the molecule is Cc1ccccc1Cn1c(=O)oc2ccc(CO)cc21. The number of benzene rings is 2. The van der Waals surface area contributed by atoms with Gasteiger partial charge >= 0.3 is 5.76 Å². The summed E-state index contributed by atoms with van der Waals surface area (Å²) >= 11 is 0. The fraction of sp³-hybridized carbons (Fsp3) is 0.188. The summed E-state index contributed by atoms with van der Waals surface area (Å²) in [5.74, 6) is -0.377. The van der Waals surface area contributed by atoms with Gasteiger partial charge in [-0.05, 0) is 35.7 Å². The van der Waals surface area contributed by atoms with E-state index in [2.05, 4.69) is 0 Å². The summed E-state index contributed by atoms with van der Waals surface area (Å²) in [6, 6.07) is 13.2. The highest BCUT2D eigenvalue weighted by molar-refractivity contribution is 5.73. The third-order valence-electron chi connectivity index (χ3n) is 3.50. The van der Waals surface area contributed by atoms with Crippen molar-refractivity contribution in [3.05, 3.63) is 69.7 Å². The molecular weight excluding hydrogens is 254 g/mol. The quantitative estimate of drug-likeness (QED) is 0.794. The summed E-state index contributed by atoms with van der Waals surface area (Å²) in [5.41, 5.74) is 4.22. The zero-order chi connectivity index (χ0) is 14.1. The first-order valence-electron chi connectivity index (χ1n) is 6.46. The Balaban J connectivity index is 2.13. The number of aryl methyl sites for hydroxylation is 1. The lowest BCUT2D eigenvalue weighted by atomic mass is 10.1. The highest BCUT2D eigenvalue weighted by atomic mass is 16.4. The minimum absolute atomic E-state index is 0.0559. The van der Waals surface area contributed by atoms with Crippen LogP contribution < -0.4 is 5.76 Å². The van der Waals surface area contributed by atoms with Gasteiger partial charge in [-0.2, -0.15) is 0 Å². The Labute approximate surface area is 115 Å². The van der Waals surface area contributed by atoms with E-state index in [0.29, 0.717) is 17.6 Å². The van der Waals surface area contributed by atoms with Crippen LogP contribution in [0.4, 0.5) is 0 Å². The molecule has 102 valence electrons. The molecule has 0 unspecified atom stereocenters. The van der Waals surface area contributed by atoms with Crippen molar-refractivity contribution in [2.24, 2.45) is 0 Å². The smallest absolute Gasteiger partial charge is 0.408 e. The highest BCUT2D eigenvalue weighted by Gasteiger charge is 2.11. The van der Waals surface area contributed by atoms with Gasteiger partial charge < -0.3 is 9.52 Å². The Morgan fingerprint density at radius 2 is 2.00 bits per heavy atom. The van der Waals surface area contributed by atoms with E-state index in [4.69, 9.17) is 4.42 Å². The molecule has 2 aromatic carbocycles. The van der Waals surface area contributed by atoms with Crippen LogP contribution in [0, 0.1) is 6.92 Å². The number of fused-ring (bicyclic) bond motifs is 1. The second-order valence-electron chi connectivity index (χ2n) is 4.84. The molecular formula is C16H15NO3. The lowest BCUT2D eigenvalue weighted by Gasteiger charge is -2.06. The number of hydrogen-bond acceptors (Lipinski definition) is 3. The lowest BCUT2D eigenvalue weighted by molar-refractivity contribution is 0.282. The fourth-order valence-corrected chi connectivity index (χ4v) is 2.31. The van der Waals surface area contributed by atoms with Crippen molar-refractivity contribution in [1.29, 1.82) is 0 Å². The third-order valence-corrected chi connectivity index (χ3v) is 3.50. The van der Waals surface area contributed by atoms with Crippen LogP contribution in [-0.2, 0) is 13.2 Å². The molecule has 1 heterocycles. The van der Waals surface area contributed by atoms with Crippen molar-refractivity contribution in [1.82, 2.24) is 4.57 Å². The summed E-state index contributed by atoms with van der Waals surface area (Å²) in [4.78, 5) is 12.0. The Hall–Kier alpha value is -2.33. The predicted molar refractivity (Wildman–Crippen MR) is 76.7 cm³/mol. The van der Waals surface area contributed by atoms with Gasteiger partial charge in [-0.15, -0.1) is 0 Å². The molecule has 0 aliphatic rings. The summed E-state index contributed by atoms with van der Waals surface area (Å²) in [6.45, 7) is 2.43. The van der Waals surface area contributed by atoms with E-state index >= 15 is 0 Å².